The standard InChI is InChI=1S/C21H26N2O3/c1-14(2)17-8-6-7-15(3)21(17)23-20(24)12-22-11-16-13-25-18-9-4-5-10-19(18)26-16/h4-10,14,16,22H,11-13H2,1-3H3,(H,23,24)/t16-/m0/s1. The van der Waals surface area contributed by atoms with Crippen molar-refractivity contribution in [1.29, 1.82) is 0 Å². The SMILES string of the molecule is Cc1cccc(C(C)C)c1NC(=O)CNC[C@H]1COc2ccccc2O1. The summed E-state index contributed by atoms with van der Waals surface area (Å²) in [4.78, 5) is 12.3. The molecule has 0 aromatic heterocycles. The van der Waals surface area contributed by atoms with Gasteiger partial charge in [0.2, 0.25) is 5.91 Å². The van der Waals surface area contributed by atoms with Crippen molar-refractivity contribution >= 4 is 11.6 Å². The van der Waals surface area contributed by atoms with Crippen LogP contribution in [0.2, 0.25) is 0 Å². The molecule has 2 aromatic rings. The van der Waals surface area contributed by atoms with Gasteiger partial charge < -0.3 is 20.1 Å². The van der Waals surface area contributed by atoms with Crippen LogP contribution in [0, 0.1) is 6.92 Å². The van der Waals surface area contributed by atoms with Crippen LogP contribution < -0.4 is 20.1 Å². The first-order valence-corrected chi connectivity index (χ1v) is 9.03. The number of carbonyl (C=O) groups is 1. The lowest BCUT2D eigenvalue weighted by atomic mass is 9.98. The van der Waals surface area contributed by atoms with Crippen molar-refractivity contribution in [3.63, 3.8) is 0 Å². The molecule has 0 aliphatic carbocycles. The Morgan fingerprint density at radius 1 is 1.15 bits per heavy atom. The fraction of sp³-hybridized carbons (Fsp3) is 0.381. The van der Waals surface area contributed by atoms with Crippen molar-refractivity contribution in [2.24, 2.45) is 0 Å². The van der Waals surface area contributed by atoms with Gasteiger partial charge in [-0.15, -0.1) is 0 Å². The molecule has 138 valence electrons. The van der Waals surface area contributed by atoms with Crippen LogP contribution >= 0.6 is 0 Å². The third-order valence-electron chi connectivity index (χ3n) is 4.42. The van der Waals surface area contributed by atoms with Crippen molar-refractivity contribution in [1.82, 2.24) is 5.32 Å². The average molecular weight is 354 g/mol. The zero-order chi connectivity index (χ0) is 18.5. The molecule has 1 heterocycles. The molecule has 5 nitrogen and oxygen atoms in total. The summed E-state index contributed by atoms with van der Waals surface area (Å²) in [7, 11) is 0. The first-order chi connectivity index (χ1) is 12.5. The Kier molecular flexibility index (Phi) is 5.78. The van der Waals surface area contributed by atoms with Crippen LogP contribution in [0.5, 0.6) is 11.5 Å². The van der Waals surface area contributed by atoms with Crippen LogP contribution in [0.4, 0.5) is 5.69 Å². The van der Waals surface area contributed by atoms with Crippen LogP contribution in [0.15, 0.2) is 42.5 Å². The number of amides is 1. The highest BCUT2D eigenvalue weighted by Crippen LogP contribution is 2.30. The summed E-state index contributed by atoms with van der Waals surface area (Å²) in [5, 5.41) is 6.20. The second-order valence-corrected chi connectivity index (χ2v) is 6.87. The van der Waals surface area contributed by atoms with E-state index in [1.165, 1.54) is 0 Å². The van der Waals surface area contributed by atoms with Crippen LogP contribution in [-0.2, 0) is 4.79 Å². The molecule has 2 N–H and O–H groups in total. The molecule has 3 rings (SSSR count). The lowest BCUT2D eigenvalue weighted by Crippen LogP contribution is -2.41. The van der Waals surface area contributed by atoms with E-state index in [4.69, 9.17) is 9.47 Å². The highest BCUT2D eigenvalue weighted by atomic mass is 16.6. The first-order valence-electron chi connectivity index (χ1n) is 9.03. The maximum atomic E-state index is 12.3. The van der Waals surface area contributed by atoms with Crippen molar-refractivity contribution in [2.45, 2.75) is 32.8 Å². The number of rotatable bonds is 6. The summed E-state index contributed by atoms with van der Waals surface area (Å²) in [6.07, 6.45) is -0.109. The molecule has 5 heteroatoms. The topological polar surface area (TPSA) is 59.6 Å². The molecule has 0 saturated heterocycles. The number of anilines is 1. The van der Waals surface area contributed by atoms with Gasteiger partial charge in [-0.2, -0.15) is 0 Å². The van der Waals surface area contributed by atoms with Gasteiger partial charge >= 0.3 is 0 Å². The highest BCUT2D eigenvalue weighted by molar-refractivity contribution is 5.93. The number of nitrogens with one attached hydrogen (secondary N) is 2. The maximum absolute atomic E-state index is 12.3. The fourth-order valence-corrected chi connectivity index (χ4v) is 3.04. The van der Waals surface area contributed by atoms with Crippen LogP contribution in [0.3, 0.4) is 0 Å². The van der Waals surface area contributed by atoms with E-state index in [2.05, 4.69) is 30.5 Å². The Hall–Kier alpha value is -2.53. The smallest absolute Gasteiger partial charge is 0.238 e. The first kappa shape index (κ1) is 18.3. The molecule has 0 bridgehead atoms. The molecule has 0 fully saturated rings. The number of ether oxygens (including phenoxy) is 2. The quantitative estimate of drug-likeness (QED) is 0.834. The monoisotopic (exact) mass is 354 g/mol. The van der Waals surface area contributed by atoms with Gasteiger partial charge in [-0.1, -0.05) is 44.2 Å². The molecule has 0 spiro atoms. The molecule has 26 heavy (non-hydrogen) atoms. The molecule has 0 saturated carbocycles. The summed E-state index contributed by atoms with van der Waals surface area (Å²) in [5.41, 5.74) is 3.14. The van der Waals surface area contributed by atoms with Gasteiger partial charge in [-0.25, -0.2) is 0 Å². The minimum Gasteiger partial charge on any atom is -0.486 e. The lowest BCUT2D eigenvalue weighted by Gasteiger charge is -2.26. The van der Waals surface area contributed by atoms with Gasteiger partial charge in [-0.3, -0.25) is 4.79 Å². The van der Waals surface area contributed by atoms with Crippen LogP contribution in [-0.4, -0.2) is 31.7 Å². The van der Waals surface area contributed by atoms with E-state index in [-0.39, 0.29) is 18.6 Å². The average Bonchev–Trinajstić information content (AvgIpc) is 2.63. The maximum Gasteiger partial charge on any atom is 0.238 e. The Morgan fingerprint density at radius 2 is 1.92 bits per heavy atom. The molecular formula is C21H26N2O3. The normalized spacial score (nSPS) is 15.8. The summed E-state index contributed by atoms with van der Waals surface area (Å²) in [5.74, 6) is 1.81. The molecule has 0 radical (unpaired) electrons. The number of benzene rings is 2. The van der Waals surface area contributed by atoms with E-state index >= 15 is 0 Å². The minimum absolute atomic E-state index is 0.0571. The van der Waals surface area contributed by atoms with Crippen LogP contribution in [0.25, 0.3) is 0 Å². The van der Waals surface area contributed by atoms with Gasteiger partial charge in [0.05, 0.1) is 6.54 Å². The van der Waals surface area contributed by atoms with Crippen molar-refractivity contribution in [2.75, 3.05) is 25.0 Å². The summed E-state index contributed by atoms with van der Waals surface area (Å²) < 4.78 is 11.6. The summed E-state index contributed by atoms with van der Waals surface area (Å²) >= 11 is 0. The number of hydrogen-bond donors (Lipinski definition) is 2. The van der Waals surface area contributed by atoms with Crippen LogP contribution in [0.1, 0.15) is 30.9 Å². The summed E-state index contributed by atoms with van der Waals surface area (Å²) in [6.45, 7) is 7.52. The van der Waals surface area contributed by atoms with E-state index < -0.39 is 0 Å². The fourth-order valence-electron chi connectivity index (χ4n) is 3.04. The van der Waals surface area contributed by atoms with Crippen molar-refractivity contribution in [3.05, 3.63) is 53.6 Å². The number of fused-ring (bicyclic) bond motifs is 1. The van der Waals surface area contributed by atoms with Gasteiger partial charge in [0.15, 0.2) is 11.5 Å². The molecule has 2 aromatic carbocycles. The van der Waals surface area contributed by atoms with Gasteiger partial charge in [0, 0.05) is 12.2 Å². The molecule has 1 aliphatic heterocycles. The Labute approximate surface area is 154 Å². The third-order valence-corrected chi connectivity index (χ3v) is 4.42. The number of carbonyl (C=O) groups excluding carboxylic acids is 1. The zero-order valence-corrected chi connectivity index (χ0v) is 15.5. The Bertz CT molecular complexity index is 774. The van der Waals surface area contributed by atoms with E-state index in [9.17, 15) is 4.79 Å². The highest BCUT2D eigenvalue weighted by Gasteiger charge is 2.20. The van der Waals surface area contributed by atoms with Gasteiger partial charge in [-0.05, 0) is 36.1 Å². The predicted octanol–water partition coefficient (Wildman–Crippen LogP) is 3.49. The zero-order valence-electron chi connectivity index (χ0n) is 15.5. The third kappa shape index (κ3) is 4.35. The Balaban J connectivity index is 1.50. The molecule has 1 amide bonds. The van der Waals surface area contributed by atoms with E-state index in [0.29, 0.717) is 19.1 Å². The molecule has 1 atom stereocenters. The number of aryl methyl sites for hydroxylation is 1. The number of hydrogen-bond acceptors (Lipinski definition) is 4. The van der Waals surface area contributed by atoms with Gasteiger partial charge in [0.1, 0.15) is 12.7 Å². The molecular weight excluding hydrogens is 328 g/mol. The predicted molar refractivity (Wildman–Crippen MR) is 103 cm³/mol. The van der Waals surface area contributed by atoms with Crippen molar-refractivity contribution < 1.29 is 14.3 Å². The minimum atomic E-state index is -0.109. The molecule has 1 aliphatic rings. The Morgan fingerprint density at radius 3 is 2.69 bits per heavy atom. The molecule has 0 unspecified atom stereocenters. The summed E-state index contributed by atoms with van der Waals surface area (Å²) in [6, 6.07) is 13.7. The number of para-hydroxylation sites is 3. The lowest BCUT2D eigenvalue weighted by molar-refractivity contribution is -0.115. The van der Waals surface area contributed by atoms with E-state index in [1.807, 2.05) is 43.3 Å². The van der Waals surface area contributed by atoms with Crippen molar-refractivity contribution in [3.8, 4) is 11.5 Å². The van der Waals surface area contributed by atoms with E-state index in [1.54, 1.807) is 0 Å². The second-order valence-electron chi connectivity index (χ2n) is 6.87. The second kappa shape index (κ2) is 8.23. The largest absolute Gasteiger partial charge is 0.486 e. The van der Waals surface area contributed by atoms with E-state index in [0.717, 1.165) is 28.3 Å². The van der Waals surface area contributed by atoms with Gasteiger partial charge in [0.25, 0.3) is 0 Å².